The average Bonchev–Trinajstić information content (AvgIpc) is 3.31. The van der Waals surface area contributed by atoms with Crippen molar-refractivity contribution >= 4 is 54.3 Å². The largest absolute Gasteiger partial charge is 0.496 e. The predicted octanol–water partition coefficient (Wildman–Crippen LogP) is 7.11. The standard InChI is InChI=1S/C32H35ClN2O3S2/c1-34-24-12-14-25(15-13-24)35(32(36)31-30(33)27-7-5-6-8-29(27)39-31)20-23-19-22(11-18-28(23)38-2)21-9-16-26(17-10-21)40(3,4)37/h5-11,16-19,24-25,34H,3,12-15,20H2,1-2,4H3. The molecule has 4 aromatic rings. The highest BCUT2D eigenvalue weighted by molar-refractivity contribution is 7.99. The van der Waals surface area contributed by atoms with E-state index in [0.717, 1.165) is 63.1 Å². The number of halogens is 1. The third kappa shape index (κ3) is 5.93. The summed E-state index contributed by atoms with van der Waals surface area (Å²) in [6.45, 7) is 0.412. The summed E-state index contributed by atoms with van der Waals surface area (Å²) in [5.41, 5.74) is 2.93. The summed E-state index contributed by atoms with van der Waals surface area (Å²) in [4.78, 5) is 17.5. The molecule has 1 aromatic heterocycles. The highest BCUT2D eigenvalue weighted by atomic mass is 35.5. The van der Waals surface area contributed by atoms with E-state index in [1.807, 2.05) is 72.6 Å². The van der Waals surface area contributed by atoms with Crippen LogP contribution in [-0.2, 0) is 16.1 Å². The van der Waals surface area contributed by atoms with Crippen molar-refractivity contribution in [1.29, 1.82) is 0 Å². The van der Waals surface area contributed by atoms with Gasteiger partial charge in [-0.25, -0.2) is 0 Å². The Labute approximate surface area is 246 Å². The van der Waals surface area contributed by atoms with Crippen LogP contribution < -0.4 is 10.1 Å². The molecule has 5 rings (SSSR count). The Morgan fingerprint density at radius 1 is 1.07 bits per heavy atom. The van der Waals surface area contributed by atoms with Gasteiger partial charge in [0.1, 0.15) is 10.6 Å². The summed E-state index contributed by atoms with van der Waals surface area (Å²) in [5, 5.41) is 4.83. The smallest absolute Gasteiger partial charge is 0.266 e. The molecular weight excluding hydrogens is 560 g/mol. The van der Waals surface area contributed by atoms with Crippen LogP contribution in [0.2, 0.25) is 5.02 Å². The van der Waals surface area contributed by atoms with Gasteiger partial charge < -0.3 is 15.0 Å². The predicted molar refractivity (Wildman–Crippen MR) is 170 cm³/mol. The fourth-order valence-electron chi connectivity index (χ4n) is 5.53. The van der Waals surface area contributed by atoms with E-state index in [4.69, 9.17) is 16.3 Å². The van der Waals surface area contributed by atoms with E-state index in [9.17, 15) is 9.00 Å². The number of ether oxygens (including phenoxy) is 1. The molecule has 0 aliphatic heterocycles. The van der Waals surface area contributed by atoms with Crippen molar-refractivity contribution in [3.05, 3.63) is 82.2 Å². The summed E-state index contributed by atoms with van der Waals surface area (Å²) in [5.74, 6) is 4.49. The molecule has 8 heteroatoms. The first-order valence-electron chi connectivity index (χ1n) is 13.4. The van der Waals surface area contributed by atoms with Crippen molar-refractivity contribution in [3.8, 4) is 16.9 Å². The van der Waals surface area contributed by atoms with Crippen LogP contribution in [0.3, 0.4) is 0 Å². The molecule has 0 spiro atoms. The SMILES string of the molecule is C=S(C)(=O)c1ccc(-c2ccc(OC)c(CN(C(=O)c3sc4ccccc4c3Cl)C3CCC(NC)CC3)c2)cc1. The highest BCUT2D eigenvalue weighted by Crippen LogP contribution is 2.38. The normalized spacial score (nSPS) is 18.8. The van der Waals surface area contributed by atoms with Gasteiger partial charge in [-0.05, 0) is 89.6 Å². The van der Waals surface area contributed by atoms with E-state index in [0.29, 0.717) is 22.5 Å². The molecule has 40 heavy (non-hydrogen) atoms. The number of carbonyl (C=O) groups excluding carboxylic acids is 1. The quantitative estimate of drug-likeness (QED) is 0.221. The van der Waals surface area contributed by atoms with Crippen LogP contribution in [0.15, 0.2) is 71.6 Å². The Hall–Kier alpha value is -2.84. The molecule has 1 atom stereocenters. The number of rotatable bonds is 8. The van der Waals surface area contributed by atoms with Crippen molar-refractivity contribution in [2.75, 3.05) is 20.4 Å². The van der Waals surface area contributed by atoms with Crippen LogP contribution in [0.1, 0.15) is 40.9 Å². The minimum absolute atomic E-state index is 0.0379. The van der Waals surface area contributed by atoms with E-state index in [1.165, 1.54) is 11.3 Å². The van der Waals surface area contributed by atoms with Crippen LogP contribution in [0, 0.1) is 0 Å². The van der Waals surface area contributed by atoms with E-state index in [2.05, 4.69) is 17.3 Å². The first-order valence-corrected chi connectivity index (χ1v) is 16.8. The van der Waals surface area contributed by atoms with Crippen LogP contribution in [0.25, 0.3) is 21.2 Å². The Bertz CT molecular complexity index is 1620. The van der Waals surface area contributed by atoms with E-state index in [1.54, 1.807) is 13.4 Å². The van der Waals surface area contributed by atoms with Gasteiger partial charge in [-0.2, -0.15) is 0 Å². The van der Waals surface area contributed by atoms with Gasteiger partial charge in [0.2, 0.25) is 0 Å². The summed E-state index contributed by atoms with van der Waals surface area (Å²) in [6.07, 6.45) is 5.52. The number of nitrogens with one attached hydrogen (secondary N) is 1. The van der Waals surface area contributed by atoms with Gasteiger partial charge in [0.25, 0.3) is 5.91 Å². The molecule has 1 amide bonds. The number of nitrogens with zero attached hydrogens (tertiary/aromatic N) is 1. The molecule has 0 saturated heterocycles. The third-order valence-corrected chi connectivity index (χ3v) is 10.8. The van der Waals surface area contributed by atoms with Gasteiger partial charge in [0, 0.05) is 45.4 Å². The fourth-order valence-corrected chi connectivity index (χ4v) is 7.71. The zero-order valence-corrected chi connectivity index (χ0v) is 25.5. The number of carbonyl (C=O) groups is 1. The molecule has 1 aliphatic rings. The molecule has 1 unspecified atom stereocenters. The minimum atomic E-state index is -2.28. The highest BCUT2D eigenvalue weighted by Gasteiger charge is 2.32. The first-order chi connectivity index (χ1) is 19.2. The fraction of sp³-hybridized carbons (Fsp3) is 0.312. The molecule has 1 N–H and O–H groups in total. The summed E-state index contributed by atoms with van der Waals surface area (Å²) < 4.78 is 19.1. The number of benzene rings is 3. The van der Waals surface area contributed by atoms with E-state index >= 15 is 0 Å². The zero-order valence-electron chi connectivity index (χ0n) is 23.1. The lowest BCUT2D eigenvalue weighted by molar-refractivity contribution is 0.0604. The summed E-state index contributed by atoms with van der Waals surface area (Å²) in [6, 6.07) is 22.2. The lowest BCUT2D eigenvalue weighted by Gasteiger charge is -2.37. The maximum absolute atomic E-state index is 14.2. The molecule has 1 aliphatic carbocycles. The Morgan fingerprint density at radius 3 is 2.38 bits per heavy atom. The molecule has 0 bridgehead atoms. The van der Waals surface area contributed by atoms with Gasteiger partial charge in [0.05, 0.1) is 12.1 Å². The second kappa shape index (κ2) is 12.0. The van der Waals surface area contributed by atoms with Crippen molar-refractivity contribution in [1.82, 2.24) is 10.2 Å². The molecular formula is C32H35ClN2O3S2. The van der Waals surface area contributed by atoms with Crippen molar-refractivity contribution < 1.29 is 13.7 Å². The van der Waals surface area contributed by atoms with Crippen molar-refractivity contribution in [2.45, 2.75) is 49.2 Å². The first kappa shape index (κ1) is 28.7. The van der Waals surface area contributed by atoms with E-state index < -0.39 is 9.52 Å². The van der Waals surface area contributed by atoms with Crippen molar-refractivity contribution in [2.24, 2.45) is 0 Å². The lowest BCUT2D eigenvalue weighted by Crippen LogP contribution is -2.44. The van der Waals surface area contributed by atoms with Crippen molar-refractivity contribution in [3.63, 3.8) is 0 Å². The number of hydrogen-bond donors (Lipinski definition) is 1. The number of methoxy groups -OCH3 is 1. The minimum Gasteiger partial charge on any atom is -0.496 e. The van der Waals surface area contributed by atoms with Gasteiger partial charge >= 0.3 is 0 Å². The molecule has 3 aromatic carbocycles. The van der Waals surface area contributed by atoms with Gasteiger partial charge in [-0.3, -0.25) is 9.00 Å². The van der Waals surface area contributed by atoms with Crippen LogP contribution in [0.4, 0.5) is 0 Å². The zero-order chi connectivity index (χ0) is 28.4. The van der Waals surface area contributed by atoms with E-state index in [-0.39, 0.29) is 11.9 Å². The second-order valence-corrected chi connectivity index (χ2v) is 14.4. The summed E-state index contributed by atoms with van der Waals surface area (Å²) >= 11 is 8.25. The van der Waals surface area contributed by atoms with Crippen LogP contribution in [0.5, 0.6) is 5.75 Å². The van der Waals surface area contributed by atoms with Gasteiger partial charge in [0.15, 0.2) is 0 Å². The maximum atomic E-state index is 14.2. The number of amides is 1. The Kier molecular flexibility index (Phi) is 8.57. The van der Waals surface area contributed by atoms with Gasteiger partial charge in [-0.15, -0.1) is 11.3 Å². The number of fused-ring (bicyclic) bond motifs is 1. The Morgan fingerprint density at radius 2 is 1.75 bits per heavy atom. The molecule has 1 fully saturated rings. The Balaban J connectivity index is 1.52. The van der Waals surface area contributed by atoms with Gasteiger partial charge in [-0.1, -0.05) is 48.0 Å². The summed E-state index contributed by atoms with van der Waals surface area (Å²) in [7, 11) is 1.38. The molecule has 5 nitrogen and oxygen atoms in total. The maximum Gasteiger partial charge on any atom is 0.266 e. The molecule has 0 radical (unpaired) electrons. The lowest BCUT2D eigenvalue weighted by atomic mass is 9.89. The third-order valence-electron chi connectivity index (χ3n) is 7.84. The second-order valence-electron chi connectivity index (χ2n) is 10.5. The molecule has 210 valence electrons. The molecule has 1 heterocycles. The molecule has 1 saturated carbocycles. The number of thiophene rings is 1. The monoisotopic (exact) mass is 594 g/mol. The number of hydrogen-bond acceptors (Lipinski definition) is 5. The average molecular weight is 595 g/mol. The van der Waals surface area contributed by atoms with Crippen LogP contribution in [-0.4, -0.2) is 53.4 Å². The van der Waals surface area contributed by atoms with Crippen LogP contribution >= 0.6 is 22.9 Å². The topological polar surface area (TPSA) is 58.6 Å².